The maximum absolute atomic E-state index is 12.0. The van der Waals surface area contributed by atoms with Crippen molar-refractivity contribution < 1.29 is 19.8 Å². The van der Waals surface area contributed by atoms with Gasteiger partial charge >= 0.3 is 5.97 Å². The highest BCUT2D eigenvalue weighted by molar-refractivity contribution is 6.35. The van der Waals surface area contributed by atoms with Crippen molar-refractivity contribution in [3.05, 3.63) is 59.4 Å². The summed E-state index contributed by atoms with van der Waals surface area (Å²) >= 11 is 6.18. The molecule has 3 rings (SSSR count). The summed E-state index contributed by atoms with van der Waals surface area (Å²) in [5.41, 5.74) is 1.55. The number of hydrogen-bond acceptors (Lipinski definition) is 4. The lowest BCUT2D eigenvalue weighted by atomic mass is 10.0. The number of fused-ring (bicyclic) bond motifs is 1. The Balaban J connectivity index is 2.06. The first kappa shape index (κ1) is 16.7. The number of halogens is 1. The third-order valence-corrected chi connectivity index (χ3v) is 3.94. The van der Waals surface area contributed by atoms with E-state index < -0.39 is 18.4 Å². The first-order chi connectivity index (χ1) is 12.0. The maximum atomic E-state index is 12.0. The van der Waals surface area contributed by atoms with E-state index in [2.05, 4.69) is 10.3 Å². The quantitative estimate of drug-likeness (QED) is 0.624. The normalized spacial score (nSPS) is 10.6. The number of amides is 1. The van der Waals surface area contributed by atoms with E-state index in [0.717, 1.165) is 11.1 Å². The van der Waals surface area contributed by atoms with Crippen LogP contribution < -0.4 is 5.32 Å². The molecular weight excluding hydrogens is 344 g/mol. The van der Waals surface area contributed by atoms with Gasteiger partial charge in [-0.2, -0.15) is 0 Å². The molecule has 0 aliphatic rings. The largest absolute Gasteiger partial charge is 0.505 e. The monoisotopic (exact) mass is 356 g/mol. The van der Waals surface area contributed by atoms with Gasteiger partial charge in [0.25, 0.3) is 5.91 Å². The molecule has 2 aromatic carbocycles. The molecule has 0 bridgehead atoms. The van der Waals surface area contributed by atoms with E-state index in [9.17, 15) is 14.7 Å². The summed E-state index contributed by atoms with van der Waals surface area (Å²) in [6.07, 6.45) is 0. The Kier molecular flexibility index (Phi) is 4.54. The molecule has 0 saturated heterocycles. The van der Waals surface area contributed by atoms with Gasteiger partial charge in [0, 0.05) is 10.8 Å². The number of pyridine rings is 1. The van der Waals surface area contributed by atoms with Crippen molar-refractivity contribution in [3.8, 4) is 16.9 Å². The van der Waals surface area contributed by atoms with Crippen LogP contribution in [0.4, 0.5) is 0 Å². The molecule has 0 aliphatic carbocycles. The number of hydrogen-bond donors (Lipinski definition) is 3. The maximum Gasteiger partial charge on any atom is 0.322 e. The molecule has 1 heterocycles. The predicted octanol–water partition coefficient (Wildman–Crippen LogP) is 3.08. The molecule has 7 heteroatoms. The van der Waals surface area contributed by atoms with Crippen LogP contribution in [0, 0.1) is 0 Å². The van der Waals surface area contributed by atoms with Gasteiger partial charge in [-0.15, -0.1) is 0 Å². The highest BCUT2D eigenvalue weighted by Crippen LogP contribution is 2.34. The fourth-order valence-corrected chi connectivity index (χ4v) is 2.71. The Labute approximate surface area is 147 Å². The van der Waals surface area contributed by atoms with Crippen molar-refractivity contribution in [2.75, 3.05) is 6.54 Å². The Morgan fingerprint density at radius 2 is 1.76 bits per heavy atom. The van der Waals surface area contributed by atoms with Gasteiger partial charge in [0.1, 0.15) is 11.7 Å². The van der Waals surface area contributed by atoms with Crippen molar-refractivity contribution in [2.24, 2.45) is 0 Å². The Morgan fingerprint density at radius 3 is 2.44 bits per heavy atom. The van der Waals surface area contributed by atoms with Crippen LogP contribution in [0.25, 0.3) is 21.9 Å². The Morgan fingerprint density at radius 1 is 1.04 bits per heavy atom. The topological polar surface area (TPSA) is 99.5 Å². The van der Waals surface area contributed by atoms with Gasteiger partial charge in [-0.25, -0.2) is 4.98 Å². The van der Waals surface area contributed by atoms with Crippen LogP contribution >= 0.6 is 11.6 Å². The summed E-state index contributed by atoms with van der Waals surface area (Å²) < 4.78 is 0. The van der Waals surface area contributed by atoms with Crippen molar-refractivity contribution >= 4 is 34.2 Å². The number of carboxylic acid groups (broad SMARTS) is 1. The number of carbonyl (C=O) groups is 2. The molecule has 0 fully saturated rings. The van der Waals surface area contributed by atoms with E-state index in [0.29, 0.717) is 10.8 Å². The minimum Gasteiger partial charge on any atom is -0.505 e. The van der Waals surface area contributed by atoms with Crippen LogP contribution in [0.2, 0.25) is 5.15 Å². The van der Waals surface area contributed by atoms with Crippen molar-refractivity contribution in [1.82, 2.24) is 10.3 Å². The molecule has 0 aliphatic heterocycles. The SMILES string of the molecule is O=C(O)CNC(=O)c1nc(Cl)c2cc(-c3ccccc3)ccc2c1O. The van der Waals surface area contributed by atoms with E-state index >= 15 is 0 Å². The number of aromatic nitrogens is 1. The average molecular weight is 357 g/mol. The Bertz CT molecular complexity index is 974. The molecule has 0 unspecified atom stereocenters. The van der Waals surface area contributed by atoms with Gasteiger partial charge in [0.05, 0.1) is 0 Å². The number of carbonyl (C=O) groups excluding carboxylic acids is 1. The van der Waals surface area contributed by atoms with Crippen LogP contribution in [-0.4, -0.2) is 33.6 Å². The smallest absolute Gasteiger partial charge is 0.322 e. The molecule has 1 amide bonds. The van der Waals surface area contributed by atoms with Gasteiger partial charge in [0.2, 0.25) is 0 Å². The molecule has 0 atom stereocenters. The van der Waals surface area contributed by atoms with E-state index in [1.165, 1.54) is 0 Å². The number of aliphatic carboxylic acids is 1. The number of benzene rings is 2. The van der Waals surface area contributed by atoms with E-state index in [1.807, 2.05) is 30.3 Å². The molecule has 3 aromatic rings. The van der Waals surface area contributed by atoms with Gasteiger partial charge in [-0.05, 0) is 23.3 Å². The third kappa shape index (κ3) is 3.39. The second-order valence-corrected chi connectivity index (χ2v) is 5.66. The van der Waals surface area contributed by atoms with Crippen LogP contribution in [-0.2, 0) is 4.79 Å². The molecule has 0 spiro atoms. The summed E-state index contributed by atoms with van der Waals surface area (Å²) in [5, 5.41) is 22.0. The van der Waals surface area contributed by atoms with Crippen LogP contribution in [0.5, 0.6) is 5.75 Å². The van der Waals surface area contributed by atoms with Gasteiger partial charge in [-0.1, -0.05) is 48.0 Å². The number of nitrogens with zero attached hydrogens (tertiary/aromatic N) is 1. The van der Waals surface area contributed by atoms with Gasteiger partial charge < -0.3 is 15.5 Å². The van der Waals surface area contributed by atoms with Crippen molar-refractivity contribution in [1.29, 1.82) is 0 Å². The number of rotatable bonds is 4. The summed E-state index contributed by atoms with van der Waals surface area (Å²) in [5.74, 6) is -2.36. The van der Waals surface area contributed by atoms with Crippen molar-refractivity contribution in [3.63, 3.8) is 0 Å². The average Bonchev–Trinajstić information content (AvgIpc) is 2.63. The van der Waals surface area contributed by atoms with Gasteiger partial charge in [0.15, 0.2) is 11.4 Å². The van der Waals surface area contributed by atoms with Crippen LogP contribution in [0.1, 0.15) is 10.5 Å². The van der Waals surface area contributed by atoms with Crippen LogP contribution in [0.3, 0.4) is 0 Å². The number of aromatic hydroxyl groups is 1. The minimum absolute atomic E-state index is 0.0473. The molecule has 6 nitrogen and oxygen atoms in total. The highest BCUT2D eigenvalue weighted by Gasteiger charge is 2.19. The first-order valence-corrected chi connectivity index (χ1v) is 7.73. The minimum atomic E-state index is -1.20. The van der Waals surface area contributed by atoms with Crippen LogP contribution in [0.15, 0.2) is 48.5 Å². The summed E-state index contributed by atoms with van der Waals surface area (Å²) in [6, 6.07) is 14.8. The van der Waals surface area contributed by atoms with E-state index in [-0.39, 0.29) is 16.6 Å². The molecular formula is C18H13ClN2O4. The lowest BCUT2D eigenvalue weighted by Crippen LogP contribution is -2.30. The zero-order chi connectivity index (χ0) is 18.0. The summed E-state index contributed by atoms with van der Waals surface area (Å²) in [7, 11) is 0. The second-order valence-electron chi connectivity index (χ2n) is 5.30. The molecule has 1 aromatic heterocycles. The second kappa shape index (κ2) is 6.78. The summed E-state index contributed by atoms with van der Waals surface area (Å²) in [6.45, 7) is -0.581. The third-order valence-electron chi connectivity index (χ3n) is 3.65. The van der Waals surface area contributed by atoms with Crippen molar-refractivity contribution in [2.45, 2.75) is 0 Å². The zero-order valence-electron chi connectivity index (χ0n) is 12.9. The van der Waals surface area contributed by atoms with Gasteiger partial charge in [-0.3, -0.25) is 9.59 Å². The number of nitrogens with one attached hydrogen (secondary N) is 1. The molecule has 126 valence electrons. The molecule has 0 saturated carbocycles. The zero-order valence-corrected chi connectivity index (χ0v) is 13.6. The lowest BCUT2D eigenvalue weighted by Gasteiger charge is -2.10. The fraction of sp³-hybridized carbons (Fsp3) is 0.0556. The number of carboxylic acids is 1. The lowest BCUT2D eigenvalue weighted by molar-refractivity contribution is -0.135. The highest BCUT2D eigenvalue weighted by atomic mass is 35.5. The molecule has 25 heavy (non-hydrogen) atoms. The Hall–Kier alpha value is -3.12. The molecule has 3 N–H and O–H groups in total. The predicted molar refractivity (Wildman–Crippen MR) is 93.8 cm³/mol. The fourth-order valence-electron chi connectivity index (χ4n) is 2.47. The standard InChI is InChI=1S/C18H13ClN2O4/c19-17-13-8-11(10-4-2-1-3-5-10)6-7-12(13)16(24)15(21-17)18(25)20-9-14(22)23/h1-8,24H,9H2,(H,20,25)(H,22,23). The van der Waals surface area contributed by atoms with E-state index in [4.69, 9.17) is 16.7 Å². The van der Waals surface area contributed by atoms with E-state index in [1.54, 1.807) is 18.2 Å². The first-order valence-electron chi connectivity index (χ1n) is 7.35. The summed E-state index contributed by atoms with van der Waals surface area (Å²) in [4.78, 5) is 26.5. The molecule has 0 radical (unpaired) electrons.